The standard InChI is InChI=1S/C20H23FN2O3/c1-4-26-15-11-9-14(10-12-15)22-20(25)18(13(2)3)23-19(24)16-7-5-6-8-17(16)21/h5-13,18H,4H2,1-3H3,(H,22,25)(H,23,24). The molecule has 1 unspecified atom stereocenters. The van der Waals surface area contributed by atoms with Crippen molar-refractivity contribution < 1.29 is 18.7 Å². The van der Waals surface area contributed by atoms with Crippen molar-refractivity contribution in [1.82, 2.24) is 5.32 Å². The highest BCUT2D eigenvalue weighted by Gasteiger charge is 2.25. The molecule has 5 nitrogen and oxygen atoms in total. The van der Waals surface area contributed by atoms with E-state index in [-0.39, 0.29) is 17.4 Å². The van der Waals surface area contributed by atoms with Crippen molar-refractivity contribution in [2.45, 2.75) is 26.8 Å². The Balaban J connectivity index is 2.07. The number of ether oxygens (including phenoxy) is 1. The first-order chi connectivity index (χ1) is 12.4. The average molecular weight is 358 g/mol. The molecular weight excluding hydrogens is 335 g/mol. The fourth-order valence-electron chi connectivity index (χ4n) is 2.42. The number of amides is 2. The van der Waals surface area contributed by atoms with Crippen LogP contribution in [0.25, 0.3) is 0 Å². The van der Waals surface area contributed by atoms with Gasteiger partial charge in [0, 0.05) is 5.69 Å². The summed E-state index contributed by atoms with van der Waals surface area (Å²) in [7, 11) is 0. The van der Waals surface area contributed by atoms with E-state index in [1.54, 1.807) is 30.3 Å². The molecule has 0 aliphatic rings. The summed E-state index contributed by atoms with van der Waals surface area (Å²) in [5.74, 6) is -1.08. The third kappa shape index (κ3) is 5.05. The summed E-state index contributed by atoms with van der Waals surface area (Å²) in [5.41, 5.74) is 0.497. The van der Waals surface area contributed by atoms with Gasteiger partial charge >= 0.3 is 0 Å². The maximum absolute atomic E-state index is 13.8. The van der Waals surface area contributed by atoms with Gasteiger partial charge in [0.1, 0.15) is 17.6 Å². The van der Waals surface area contributed by atoms with Gasteiger partial charge in [-0.3, -0.25) is 9.59 Å². The average Bonchev–Trinajstić information content (AvgIpc) is 2.61. The van der Waals surface area contributed by atoms with Gasteiger partial charge in [0.05, 0.1) is 12.2 Å². The molecule has 0 saturated carbocycles. The molecule has 1 atom stereocenters. The van der Waals surface area contributed by atoms with Crippen LogP contribution < -0.4 is 15.4 Å². The van der Waals surface area contributed by atoms with Crippen LogP contribution in [0.15, 0.2) is 48.5 Å². The van der Waals surface area contributed by atoms with Gasteiger partial charge in [-0.2, -0.15) is 0 Å². The number of nitrogens with one attached hydrogen (secondary N) is 2. The summed E-state index contributed by atoms with van der Waals surface area (Å²) in [6, 6.07) is 11.8. The molecule has 2 amide bonds. The molecule has 0 bridgehead atoms. The third-order valence-corrected chi connectivity index (χ3v) is 3.79. The molecule has 2 rings (SSSR count). The molecule has 26 heavy (non-hydrogen) atoms. The second kappa shape index (κ2) is 8.99. The van der Waals surface area contributed by atoms with Crippen LogP contribution in [-0.4, -0.2) is 24.5 Å². The molecule has 6 heteroatoms. The quantitative estimate of drug-likeness (QED) is 0.794. The lowest BCUT2D eigenvalue weighted by Crippen LogP contribution is -2.47. The molecule has 0 aromatic heterocycles. The molecule has 0 aliphatic carbocycles. The SMILES string of the molecule is CCOc1ccc(NC(=O)C(NC(=O)c2ccccc2F)C(C)C)cc1. The highest BCUT2D eigenvalue weighted by molar-refractivity contribution is 6.01. The predicted molar refractivity (Wildman–Crippen MR) is 98.7 cm³/mol. The molecule has 2 aromatic rings. The van der Waals surface area contributed by atoms with E-state index in [1.165, 1.54) is 18.2 Å². The van der Waals surface area contributed by atoms with Gasteiger partial charge in [0.2, 0.25) is 5.91 Å². The summed E-state index contributed by atoms with van der Waals surface area (Å²) in [6.45, 7) is 6.07. The highest BCUT2D eigenvalue weighted by atomic mass is 19.1. The molecule has 2 aromatic carbocycles. The smallest absolute Gasteiger partial charge is 0.254 e. The zero-order chi connectivity index (χ0) is 19.1. The van der Waals surface area contributed by atoms with E-state index in [9.17, 15) is 14.0 Å². The summed E-state index contributed by atoms with van der Waals surface area (Å²) >= 11 is 0. The Bertz CT molecular complexity index is 760. The first kappa shape index (κ1) is 19.4. The number of halogens is 1. The second-order valence-corrected chi connectivity index (χ2v) is 6.12. The normalized spacial score (nSPS) is 11.7. The Hall–Kier alpha value is -2.89. The second-order valence-electron chi connectivity index (χ2n) is 6.12. The van der Waals surface area contributed by atoms with Crippen LogP contribution in [0.1, 0.15) is 31.1 Å². The lowest BCUT2D eigenvalue weighted by atomic mass is 10.0. The number of hydrogen-bond donors (Lipinski definition) is 2. The van der Waals surface area contributed by atoms with Gasteiger partial charge in [-0.1, -0.05) is 26.0 Å². The Morgan fingerprint density at radius 3 is 2.31 bits per heavy atom. The maximum Gasteiger partial charge on any atom is 0.254 e. The van der Waals surface area contributed by atoms with E-state index in [4.69, 9.17) is 4.74 Å². The van der Waals surface area contributed by atoms with E-state index < -0.39 is 17.8 Å². The maximum atomic E-state index is 13.8. The molecule has 0 spiro atoms. The van der Waals surface area contributed by atoms with Crippen molar-refractivity contribution in [2.75, 3.05) is 11.9 Å². The fourth-order valence-corrected chi connectivity index (χ4v) is 2.42. The molecule has 138 valence electrons. The van der Waals surface area contributed by atoms with Gasteiger partial charge in [0.25, 0.3) is 5.91 Å². The number of rotatable bonds is 7. The van der Waals surface area contributed by atoms with Crippen molar-refractivity contribution in [1.29, 1.82) is 0 Å². The Morgan fingerprint density at radius 1 is 1.08 bits per heavy atom. The van der Waals surface area contributed by atoms with Crippen molar-refractivity contribution in [2.24, 2.45) is 5.92 Å². The third-order valence-electron chi connectivity index (χ3n) is 3.79. The minimum atomic E-state index is -0.798. The van der Waals surface area contributed by atoms with E-state index in [0.717, 1.165) is 0 Å². The first-order valence-corrected chi connectivity index (χ1v) is 8.51. The monoisotopic (exact) mass is 358 g/mol. The number of anilines is 1. The topological polar surface area (TPSA) is 67.4 Å². The van der Waals surface area contributed by atoms with Gasteiger partial charge in [-0.25, -0.2) is 4.39 Å². The van der Waals surface area contributed by atoms with Crippen LogP contribution in [0.2, 0.25) is 0 Å². The van der Waals surface area contributed by atoms with Crippen LogP contribution >= 0.6 is 0 Å². The first-order valence-electron chi connectivity index (χ1n) is 8.51. The van der Waals surface area contributed by atoms with Crippen LogP contribution in [-0.2, 0) is 4.79 Å². The predicted octanol–water partition coefficient (Wildman–Crippen LogP) is 3.62. The molecule has 0 saturated heterocycles. The van der Waals surface area contributed by atoms with E-state index in [0.29, 0.717) is 18.0 Å². The molecule has 0 aliphatic heterocycles. The summed E-state index contributed by atoms with van der Waals surface area (Å²) in [5, 5.41) is 5.37. The van der Waals surface area contributed by atoms with Crippen LogP contribution in [0.5, 0.6) is 5.75 Å². The van der Waals surface area contributed by atoms with Crippen molar-refractivity contribution in [3.05, 3.63) is 59.9 Å². The highest BCUT2D eigenvalue weighted by Crippen LogP contribution is 2.17. The van der Waals surface area contributed by atoms with E-state index >= 15 is 0 Å². The fraction of sp³-hybridized carbons (Fsp3) is 0.300. The Kier molecular flexibility index (Phi) is 6.72. The Labute approximate surface area is 152 Å². The van der Waals surface area contributed by atoms with Crippen molar-refractivity contribution in [3.8, 4) is 5.75 Å². The van der Waals surface area contributed by atoms with E-state index in [2.05, 4.69) is 10.6 Å². The zero-order valence-electron chi connectivity index (χ0n) is 15.1. The van der Waals surface area contributed by atoms with Gasteiger partial charge < -0.3 is 15.4 Å². The minimum absolute atomic E-state index is 0.0907. The number of carbonyl (C=O) groups excluding carboxylic acids is 2. The number of benzene rings is 2. The zero-order valence-corrected chi connectivity index (χ0v) is 15.1. The van der Waals surface area contributed by atoms with Crippen LogP contribution in [0.4, 0.5) is 10.1 Å². The van der Waals surface area contributed by atoms with E-state index in [1.807, 2.05) is 20.8 Å². The molecule has 0 radical (unpaired) electrons. The number of hydrogen-bond acceptors (Lipinski definition) is 3. The summed E-state index contributed by atoms with van der Waals surface area (Å²) in [4.78, 5) is 24.9. The van der Waals surface area contributed by atoms with Crippen LogP contribution in [0, 0.1) is 11.7 Å². The lowest BCUT2D eigenvalue weighted by Gasteiger charge is -2.22. The molecule has 0 heterocycles. The molecule has 2 N–H and O–H groups in total. The largest absolute Gasteiger partial charge is 0.494 e. The summed E-state index contributed by atoms with van der Waals surface area (Å²) < 4.78 is 19.1. The lowest BCUT2D eigenvalue weighted by molar-refractivity contribution is -0.118. The molecular formula is C20H23FN2O3. The van der Waals surface area contributed by atoms with Gasteiger partial charge in [-0.05, 0) is 49.2 Å². The van der Waals surface area contributed by atoms with Crippen LogP contribution in [0.3, 0.4) is 0 Å². The Morgan fingerprint density at radius 2 is 1.73 bits per heavy atom. The minimum Gasteiger partial charge on any atom is -0.494 e. The van der Waals surface area contributed by atoms with Crippen molar-refractivity contribution >= 4 is 17.5 Å². The summed E-state index contributed by atoms with van der Waals surface area (Å²) in [6.07, 6.45) is 0. The molecule has 0 fully saturated rings. The number of carbonyl (C=O) groups is 2. The van der Waals surface area contributed by atoms with Crippen molar-refractivity contribution in [3.63, 3.8) is 0 Å². The van der Waals surface area contributed by atoms with Gasteiger partial charge in [0.15, 0.2) is 0 Å². The van der Waals surface area contributed by atoms with Gasteiger partial charge in [-0.15, -0.1) is 0 Å².